The van der Waals surface area contributed by atoms with Gasteiger partial charge in [-0.1, -0.05) is 88.7 Å². The van der Waals surface area contributed by atoms with Gasteiger partial charge in [0, 0.05) is 14.2 Å². The monoisotopic (exact) mass is 390 g/mol. The van der Waals surface area contributed by atoms with Crippen LogP contribution in [0, 0.1) is 0 Å². The maximum absolute atomic E-state index is 3.74. The predicted molar refractivity (Wildman–Crippen MR) is 108 cm³/mol. The van der Waals surface area contributed by atoms with Gasteiger partial charge >= 0.3 is 0 Å². The van der Waals surface area contributed by atoms with E-state index in [1.54, 1.807) is 0 Å². The van der Waals surface area contributed by atoms with Crippen LogP contribution in [-0.2, 0) is 0 Å². The summed E-state index contributed by atoms with van der Waals surface area (Å²) in [5, 5.41) is 0. The highest BCUT2D eigenvalue weighted by Crippen LogP contribution is 2.37. The van der Waals surface area contributed by atoms with Gasteiger partial charge in [0.1, 0.15) is 0 Å². The van der Waals surface area contributed by atoms with Gasteiger partial charge in [-0.2, -0.15) is 0 Å². The van der Waals surface area contributed by atoms with Crippen LogP contribution in [0.4, 0.5) is 0 Å². The van der Waals surface area contributed by atoms with Gasteiger partial charge in [0.15, 0.2) is 0 Å². The fourth-order valence-corrected chi connectivity index (χ4v) is 4.39. The van der Waals surface area contributed by atoms with Crippen molar-refractivity contribution in [3.63, 3.8) is 0 Å². The minimum Gasteiger partial charge on any atom is -0.135 e. The minimum absolute atomic E-state index is 1.13. The molecule has 4 aromatic rings. The molecule has 0 amide bonds. The Balaban J connectivity index is 1.69. The zero-order valence-electron chi connectivity index (χ0n) is 12.9. The molecule has 0 aliphatic carbocycles. The normalized spacial score (nSPS) is 10.7. The van der Waals surface area contributed by atoms with Gasteiger partial charge in [-0.3, -0.25) is 0 Å². The van der Waals surface area contributed by atoms with Crippen LogP contribution in [-0.4, -0.2) is 0 Å². The van der Waals surface area contributed by atoms with E-state index in [0.29, 0.717) is 0 Å². The molecule has 24 heavy (non-hydrogen) atoms. The van der Waals surface area contributed by atoms with Crippen LogP contribution in [0.1, 0.15) is 0 Å². The van der Waals surface area contributed by atoms with E-state index < -0.39 is 0 Å². The Morgan fingerprint density at radius 2 is 1.12 bits per heavy atom. The van der Waals surface area contributed by atoms with Crippen LogP contribution in [0.5, 0.6) is 0 Å². The Bertz CT molecular complexity index is 956. The molecule has 1 heterocycles. The smallest absolute Gasteiger partial charge is 0.0349 e. The van der Waals surface area contributed by atoms with Crippen molar-refractivity contribution < 1.29 is 0 Å². The SMILES string of the molecule is Brc1cc(-c2ccc(-c3ccccc3)s2)ccc1-c1ccccc1. The molecule has 3 aromatic carbocycles. The summed E-state index contributed by atoms with van der Waals surface area (Å²) in [4.78, 5) is 2.59. The summed E-state index contributed by atoms with van der Waals surface area (Å²) < 4.78 is 1.13. The van der Waals surface area contributed by atoms with Crippen LogP contribution in [0.25, 0.3) is 32.0 Å². The Morgan fingerprint density at radius 1 is 0.542 bits per heavy atom. The third-order valence-electron chi connectivity index (χ3n) is 4.00. The maximum atomic E-state index is 3.74. The Hall–Kier alpha value is -2.16. The van der Waals surface area contributed by atoms with Gasteiger partial charge in [-0.15, -0.1) is 11.3 Å². The first-order valence-corrected chi connectivity index (χ1v) is 9.43. The molecule has 0 aliphatic rings. The third-order valence-corrected chi connectivity index (χ3v) is 5.84. The second-order valence-corrected chi connectivity index (χ2v) is 7.53. The highest BCUT2D eigenvalue weighted by molar-refractivity contribution is 9.10. The van der Waals surface area contributed by atoms with E-state index in [1.165, 1.54) is 32.0 Å². The van der Waals surface area contributed by atoms with Crippen molar-refractivity contribution >= 4 is 27.3 Å². The van der Waals surface area contributed by atoms with Crippen molar-refractivity contribution in [3.05, 3.63) is 95.5 Å². The average molecular weight is 391 g/mol. The standard InChI is InChI=1S/C22H15BrS/c23-20-15-18(11-12-19(20)16-7-3-1-4-8-16)22-14-13-21(24-22)17-9-5-2-6-10-17/h1-15H. The molecule has 116 valence electrons. The van der Waals surface area contributed by atoms with Gasteiger partial charge in [-0.25, -0.2) is 0 Å². The number of halogens is 1. The number of hydrogen-bond acceptors (Lipinski definition) is 1. The molecule has 0 saturated heterocycles. The number of benzene rings is 3. The van der Waals surface area contributed by atoms with Crippen molar-refractivity contribution in [3.8, 4) is 32.0 Å². The van der Waals surface area contributed by atoms with Crippen LogP contribution >= 0.6 is 27.3 Å². The fourth-order valence-electron chi connectivity index (χ4n) is 2.77. The van der Waals surface area contributed by atoms with Gasteiger partial charge < -0.3 is 0 Å². The first-order valence-electron chi connectivity index (χ1n) is 7.82. The summed E-state index contributed by atoms with van der Waals surface area (Å²) in [5.41, 5.74) is 4.97. The van der Waals surface area contributed by atoms with Crippen molar-refractivity contribution in [2.45, 2.75) is 0 Å². The largest absolute Gasteiger partial charge is 0.135 e. The second-order valence-electron chi connectivity index (χ2n) is 5.59. The van der Waals surface area contributed by atoms with Crippen molar-refractivity contribution in [1.82, 2.24) is 0 Å². The number of hydrogen-bond donors (Lipinski definition) is 0. The van der Waals surface area contributed by atoms with E-state index >= 15 is 0 Å². The van der Waals surface area contributed by atoms with Crippen LogP contribution < -0.4 is 0 Å². The first-order chi connectivity index (χ1) is 11.8. The van der Waals surface area contributed by atoms with Gasteiger partial charge in [-0.05, 0) is 40.5 Å². The van der Waals surface area contributed by atoms with E-state index in [2.05, 4.69) is 101 Å². The summed E-state index contributed by atoms with van der Waals surface area (Å²) >= 11 is 5.57. The lowest BCUT2D eigenvalue weighted by molar-refractivity contribution is 1.58. The Morgan fingerprint density at radius 3 is 1.75 bits per heavy atom. The average Bonchev–Trinajstić information content (AvgIpc) is 3.13. The molecule has 0 aliphatic heterocycles. The molecule has 4 rings (SSSR count). The lowest BCUT2D eigenvalue weighted by Crippen LogP contribution is -1.81. The highest BCUT2D eigenvalue weighted by atomic mass is 79.9. The van der Waals surface area contributed by atoms with Crippen LogP contribution in [0.3, 0.4) is 0 Å². The Kier molecular flexibility index (Phi) is 4.33. The molecule has 0 saturated carbocycles. The molecular weight excluding hydrogens is 376 g/mol. The molecule has 0 N–H and O–H groups in total. The Labute approximate surface area is 154 Å². The van der Waals surface area contributed by atoms with E-state index in [9.17, 15) is 0 Å². The van der Waals surface area contributed by atoms with Crippen LogP contribution in [0.15, 0.2) is 95.5 Å². The quantitative estimate of drug-likeness (QED) is 0.339. The second kappa shape index (κ2) is 6.76. The summed E-state index contributed by atoms with van der Waals surface area (Å²) in [6.45, 7) is 0. The fraction of sp³-hybridized carbons (Fsp3) is 0. The van der Waals surface area contributed by atoms with Crippen molar-refractivity contribution in [2.24, 2.45) is 0 Å². The topological polar surface area (TPSA) is 0 Å². The van der Waals surface area contributed by atoms with E-state index in [0.717, 1.165) is 4.47 Å². The summed E-state index contributed by atoms with van der Waals surface area (Å²) in [7, 11) is 0. The zero-order chi connectivity index (χ0) is 16.4. The summed E-state index contributed by atoms with van der Waals surface area (Å²) in [6.07, 6.45) is 0. The molecule has 0 bridgehead atoms. The number of thiophene rings is 1. The molecule has 1 aromatic heterocycles. The van der Waals surface area contributed by atoms with Crippen LogP contribution in [0.2, 0.25) is 0 Å². The third kappa shape index (κ3) is 3.08. The van der Waals surface area contributed by atoms with Gasteiger partial charge in [0.2, 0.25) is 0 Å². The lowest BCUT2D eigenvalue weighted by atomic mass is 10.0. The van der Waals surface area contributed by atoms with Gasteiger partial charge in [0.05, 0.1) is 0 Å². The molecular formula is C22H15BrS. The lowest BCUT2D eigenvalue weighted by Gasteiger charge is -2.07. The highest BCUT2D eigenvalue weighted by Gasteiger charge is 2.08. The molecule has 0 atom stereocenters. The molecule has 0 fully saturated rings. The molecule has 2 heteroatoms. The van der Waals surface area contributed by atoms with Crippen molar-refractivity contribution in [2.75, 3.05) is 0 Å². The minimum atomic E-state index is 1.13. The van der Waals surface area contributed by atoms with Gasteiger partial charge in [0.25, 0.3) is 0 Å². The van der Waals surface area contributed by atoms with E-state index in [1.807, 2.05) is 17.4 Å². The molecule has 0 spiro atoms. The maximum Gasteiger partial charge on any atom is 0.0349 e. The van der Waals surface area contributed by atoms with E-state index in [4.69, 9.17) is 0 Å². The first kappa shape index (κ1) is 15.4. The molecule has 0 radical (unpaired) electrons. The predicted octanol–water partition coefficient (Wildman–Crippen LogP) is 7.51. The molecule has 0 unspecified atom stereocenters. The van der Waals surface area contributed by atoms with E-state index in [-0.39, 0.29) is 0 Å². The zero-order valence-corrected chi connectivity index (χ0v) is 15.3. The summed E-state index contributed by atoms with van der Waals surface area (Å²) in [5.74, 6) is 0. The summed E-state index contributed by atoms with van der Waals surface area (Å²) in [6, 6.07) is 32.0. The molecule has 0 nitrogen and oxygen atoms in total. The number of rotatable bonds is 3. The van der Waals surface area contributed by atoms with Crippen molar-refractivity contribution in [1.29, 1.82) is 0 Å².